The van der Waals surface area contributed by atoms with Crippen molar-refractivity contribution < 1.29 is 13.5 Å². The number of hydrogen-bond acceptors (Lipinski definition) is 8. The number of halogens is 1. The van der Waals surface area contributed by atoms with Crippen molar-refractivity contribution in [2.24, 2.45) is 0 Å². The zero-order valence-electron chi connectivity index (χ0n) is 18.4. The third-order valence-electron chi connectivity index (χ3n) is 5.08. The molecular formula is C23H24ClN5O3S. The largest absolute Gasteiger partial charge is 0.414 e. The molecule has 4 rings (SSSR count). The predicted octanol–water partition coefficient (Wildman–Crippen LogP) is 5.75. The molecule has 0 spiro atoms. The fourth-order valence-electron chi connectivity index (χ4n) is 3.19. The number of aromatic nitrogens is 4. The van der Waals surface area contributed by atoms with E-state index in [4.69, 9.17) is 16.0 Å². The molecule has 0 radical (unpaired) electrons. The summed E-state index contributed by atoms with van der Waals surface area (Å²) in [6, 6.07) is 12.6. The van der Waals surface area contributed by atoms with E-state index in [-0.39, 0.29) is 11.1 Å². The zero-order chi connectivity index (χ0) is 23.6. The Labute approximate surface area is 198 Å². The minimum absolute atomic E-state index is 0.223. The van der Waals surface area contributed by atoms with Crippen LogP contribution in [-0.2, 0) is 6.54 Å². The Hall–Kier alpha value is -2.82. The summed E-state index contributed by atoms with van der Waals surface area (Å²) in [7, 11) is -0.974. The van der Waals surface area contributed by atoms with Gasteiger partial charge in [-0.05, 0) is 50.7 Å². The van der Waals surface area contributed by atoms with Crippen LogP contribution in [0.1, 0.15) is 19.4 Å². The summed E-state index contributed by atoms with van der Waals surface area (Å²) in [4.78, 5) is 9.33. The average molecular weight is 486 g/mol. The van der Waals surface area contributed by atoms with Crippen LogP contribution >= 0.6 is 22.2 Å². The van der Waals surface area contributed by atoms with Crippen molar-refractivity contribution in [3.05, 3.63) is 65.4 Å². The summed E-state index contributed by atoms with van der Waals surface area (Å²) in [6.45, 7) is 4.26. The third-order valence-corrected chi connectivity index (χ3v) is 7.67. The van der Waals surface area contributed by atoms with Crippen molar-refractivity contribution in [1.82, 2.24) is 25.5 Å². The molecule has 0 saturated carbocycles. The van der Waals surface area contributed by atoms with E-state index < -0.39 is 10.6 Å². The lowest BCUT2D eigenvalue weighted by Crippen LogP contribution is -2.10. The van der Waals surface area contributed by atoms with Crippen molar-refractivity contribution in [3.63, 3.8) is 0 Å². The molecule has 0 amide bonds. The SMILES string of the molecule is CNCc1ccc(-c2nnc(-c3cncc(-c4ccc(S(O)(O)C(C)C)cc4)n3)o2)c(Cl)c1. The summed E-state index contributed by atoms with van der Waals surface area (Å²) >= 11 is 6.41. The van der Waals surface area contributed by atoms with Crippen LogP contribution < -0.4 is 5.32 Å². The maximum atomic E-state index is 10.3. The minimum atomic E-state index is -2.84. The first-order chi connectivity index (χ1) is 15.8. The average Bonchev–Trinajstić information content (AvgIpc) is 3.29. The summed E-state index contributed by atoms with van der Waals surface area (Å²) < 4.78 is 26.5. The molecule has 172 valence electrons. The zero-order valence-corrected chi connectivity index (χ0v) is 19.9. The van der Waals surface area contributed by atoms with Crippen LogP contribution in [0.2, 0.25) is 5.02 Å². The van der Waals surface area contributed by atoms with Crippen LogP contribution in [0, 0.1) is 0 Å². The second-order valence-electron chi connectivity index (χ2n) is 7.71. The summed E-state index contributed by atoms with van der Waals surface area (Å²) in [5.74, 6) is 0.516. The van der Waals surface area contributed by atoms with Crippen LogP contribution in [0.25, 0.3) is 34.3 Å². The molecule has 0 saturated heterocycles. The van der Waals surface area contributed by atoms with Crippen LogP contribution in [0.15, 0.2) is 64.2 Å². The lowest BCUT2D eigenvalue weighted by Gasteiger charge is -2.36. The molecule has 8 nitrogen and oxygen atoms in total. The second-order valence-corrected chi connectivity index (χ2v) is 10.7. The number of nitrogens with zero attached hydrogens (tertiary/aromatic N) is 4. The van der Waals surface area contributed by atoms with Crippen LogP contribution in [0.4, 0.5) is 0 Å². The summed E-state index contributed by atoms with van der Waals surface area (Å²) in [5.41, 5.74) is 3.47. The number of hydrogen-bond donors (Lipinski definition) is 3. The fourth-order valence-corrected chi connectivity index (χ4v) is 4.55. The van der Waals surface area contributed by atoms with Gasteiger partial charge in [-0.2, -0.15) is 10.6 Å². The molecule has 2 aromatic carbocycles. The molecular weight excluding hydrogens is 462 g/mol. The molecule has 4 aromatic rings. The van der Waals surface area contributed by atoms with Gasteiger partial charge in [-0.3, -0.25) is 14.1 Å². The lowest BCUT2D eigenvalue weighted by atomic mass is 10.1. The van der Waals surface area contributed by atoms with Gasteiger partial charge in [0.1, 0.15) is 5.69 Å². The van der Waals surface area contributed by atoms with E-state index in [1.54, 1.807) is 50.5 Å². The molecule has 10 heteroatoms. The van der Waals surface area contributed by atoms with Crippen molar-refractivity contribution >= 4 is 22.2 Å². The molecule has 0 bridgehead atoms. The van der Waals surface area contributed by atoms with Gasteiger partial charge in [0.2, 0.25) is 5.89 Å². The van der Waals surface area contributed by atoms with Gasteiger partial charge in [0, 0.05) is 17.4 Å². The summed E-state index contributed by atoms with van der Waals surface area (Å²) in [5, 5.41) is 11.6. The molecule has 0 atom stereocenters. The standard InChI is InChI=1S/C23H24ClN5O3S/c1-14(2)33(30,31)17-7-5-16(6-8-17)20-12-26-13-21(27-20)23-29-28-22(32-23)18-9-4-15(11-25-3)10-19(18)24/h4-10,12-14,25,30-31H,11H2,1-3H3. The molecule has 2 heterocycles. The van der Waals surface area contributed by atoms with Gasteiger partial charge in [0.05, 0.1) is 33.6 Å². The normalized spacial score (nSPS) is 12.3. The number of nitrogens with one attached hydrogen (secondary N) is 1. The first-order valence-corrected chi connectivity index (χ1v) is 12.2. The van der Waals surface area contributed by atoms with E-state index in [2.05, 4.69) is 25.5 Å². The van der Waals surface area contributed by atoms with Gasteiger partial charge in [0.15, 0.2) is 0 Å². The number of benzene rings is 2. The van der Waals surface area contributed by atoms with E-state index >= 15 is 0 Å². The molecule has 33 heavy (non-hydrogen) atoms. The van der Waals surface area contributed by atoms with Gasteiger partial charge in [-0.15, -0.1) is 10.2 Å². The van der Waals surface area contributed by atoms with Crippen molar-refractivity contribution in [2.75, 3.05) is 7.05 Å². The van der Waals surface area contributed by atoms with Gasteiger partial charge in [-0.1, -0.05) is 29.8 Å². The third kappa shape index (κ3) is 4.92. The Balaban J connectivity index is 1.60. The van der Waals surface area contributed by atoms with Crippen molar-refractivity contribution in [3.8, 4) is 34.3 Å². The monoisotopic (exact) mass is 485 g/mol. The molecule has 0 aliphatic heterocycles. The Kier molecular flexibility index (Phi) is 6.78. The quantitative estimate of drug-likeness (QED) is 0.303. The predicted molar refractivity (Wildman–Crippen MR) is 130 cm³/mol. The maximum absolute atomic E-state index is 10.3. The highest BCUT2D eigenvalue weighted by Gasteiger charge is 2.20. The van der Waals surface area contributed by atoms with Crippen LogP contribution in [0.5, 0.6) is 0 Å². The number of rotatable bonds is 7. The molecule has 0 aliphatic carbocycles. The second kappa shape index (κ2) is 9.58. The first-order valence-electron chi connectivity index (χ1n) is 10.3. The molecule has 0 unspecified atom stereocenters. The van der Waals surface area contributed by atoms with Crippen molar-refractivity contribution in [2.45, 2.75) is 30.5 Å². The lowest BCUT2D eigenvalue weighted by molar-refractivity contribution is 0.476. The smallest absolute Gasteiger partial charge is 0.268 e. The fraction of sp³-hybridized carbons (Fsp3) is 0.217. The summed E-state index contributed by atoms with van der Waals surface area (Å²) in [6.07, 6.45) is 3.16. The minimum Gasteiger partial charge on any atom is -0.414 e. The first kappa shape index (κ1) is 23.3. The van der Waals surface area contributed by atoms with E-state index in [1.165, 1.54) is 0 Å². The highest BCUT2D eigenvalue weighted by atomic mass is 35.5. The molecule has 3 N–H and O–H groups in total. The molecule has 0 aliphatic rings. The van der Waals surface area contributed by atoms with Crippen LogP contribution in [-0.4, -0.2) is 41.6 Å². The highest BCUT2D eigenvalue weighted by molar-refractivity contribution is 8.24. The van der Waals surface area contributed by atoms with E-state index in [1.807, 2.05) is 25.2 Å². The van der Waals surface area contributed by atoms with Gasteiger partial charge < -0.3 is 9.73 Å². The Bertz CT molecular complexity index is 1260. The van der Waals surface area contributed by atoms with Gasteiger partial charge in [-0.25, -0.2) is 4.98 Å². The van der Waals surface area contributed by atoms with Crippen LogP contribution in [0.3, 0.4) is 0 Å². The Morgan fingerprint density at radius 2 is 1.70 bits per heavy atom. The van der Waals surface area contributed by atoms with Crippen molar-refractivity contribution in [1.29, 1.82) is 0 Å². The highest BCUT2D eigenvalue weighted by Crippen LogP contribution is 2.52. The Morgan fingerprint density at radius 3 is 2.36 bits per heavy atom. The van der Waals surface area contributed by atoms with E-state index in [9.17, 15) is 9.11 Å². The molecule has 0 fully saturated rings. The molecule has 2 aromatic heterocycles. The van der Waals surface area contributed by atoms with E-state index in [0.717, 1.165) is 11.1 Å². The maximum Gasteiger partial charge on any atom is 0.268 e. The van der Waals surface area contributed by atoms with Gasteiger partial charge in [0.25, 0.3) is 5.89 Å². The van der Waals surface area contributed by atoms with E-state index in [0.29, 0.717) is 39.3 Å². The topological polar surface area (TPSA) is 117 Å². The Morgan fingerprint density at radius 1 is 1.00 bits per heavy atom. The van der Waals surface area contributed by atoms with Gasteiger partial charge >= 0.3 is 0 Å².